The van der Waals surface area contributed by atoms with Crippen molar-refractivity contribution in [2.24, 2.45) is 0 Å². The number of nitrogens with zero attached hydrogens (tertiary/aromatic N) is 6. The van der Waals surface area contributed by atoms with Crippen molar-refractivity contribution < 1.29 is 0 Å². The molecular formula is C26H23N7. The van der Waals surface area contributed by atoms with Crippen molar-refractivity contribution in [2.75, 3.05) is 5.32 Å². The number of nitriles is 2. The quantitative estimate of drug-likeness (QED) is 0.420. The molecule has 0 aliphatic heterocycles. The van der Waals surface area contributed by atoms with Crippen LogP contribution in [-0.2, 0) is 6.42 Å². The van der Waals surface area contributed by atoms with E-state index in [0.29, 0.717) is 11.5 Å². The van der Waals surface area contributed by atoms with E-state index < -0.39 is 0 Å². The maximum absolute atomic E-state index is 9.02. The number of nitrogens with one attached hydrogen (secondary N) is 1. The van der Waals surface area contributed by atoms with E-state index in [1.165, 1.54) is 6.08 Å². The minimum atomic E-state index is 0.470. The van der Waals surface area contributed by atoms with E-state index >= 15 is 0 Å². The summed E-state index contributed by atoms with van der Waals surface area (Å²) in [5, 5.41) is 21.1. The van der Waals surface area contributed by atoms with Gasteiger partial charge in [0.2, 0.25) is 5.95 Å². The highest BCUT2D eigenvalue weighted by atomic mass is 15.2. The molecule has 0 atom stereocenters. The lowest BCUT2D eigenvalue weighted by molar-refractivity contribution is 0.890. The number of fused-ring (bicyclic) bond motifs is 1. The van der Waals surface area contributed by atoms with Crippen LogP contribution in [0.4, 0.5) is 11.6 Å². The molecule has 0 amide bonds. The van der Waals surface area contributed by atoms with Crippen LogP contribution in [0.1, 0.15) is 40.7 Å². The first kappa shape index (κ1) is 21.7. The van der Waals surface area contributed by atoms with Crippen LogP contribution in [0, 0.1) is 43.4 Å². The van der Waals surface area contributed by atoms with Gasteiger partial charge in [0, 0.05) is 18.2 Å². The Labute approximate surface area is 192 Å². The molecule has 2 heterocycles. The number of anilines is 2. The molecule has 2 aromatic heterocycles. The first-order chi connectivity index (χ1) is 15.9. The van der Waals surface area contributed by atoms with Crippen LogP contribution in [0.5, 0.6) is 0 Å². The fraction of sp³-hybridized carbons (Fsp3) is 0.192. The summed E-state index contributed by atoms with van der Waals surface area (Å²) in [7, 11) is 0. The average molecular weight is 434 g/mol. The molecule has 4 aromatic rings. The molecule has 0 aliphatic rings. The molecule has 0 bridgehead atoms. The third kappa shape index (κ3) is 4.17. The van der Waals surface area contributed by atoms with Gasteiger partial charge in [-0.25, -0.2) is 9.97 Å². The lowest BCUT2D eigenvalue weighted by Crippen LogP contribution is -2.07. The summed E-state index contributed by atoms with van der Waals surface area (Å²) in [6.45, 7) is 8.12. The third-order valence-electron chi connectivity index (χ3n) is 5.42. The van der Waals surface area contributed by atoms with Crippen LogP contribution in [0.3, 0.4) is 0 Å². The van der Waals surface area contributed by atoms with Crippen molar-refractivity contribution in [1.82, 2.24) is 19.5 Å². The molecule has 0 aliphatic carbocycles. The maximum Gasteiger partial charge on any atom is 0.229 e. The molecule has 0 saturated heterocycles. The number of benzene rings is 2. The van der Waals surface area contributed by atoms with Gasteiger partial charge >= 0.3 is 0 Å². The Morgan fingerprint density at radius 1 is 1.00 bits per heavy atom. The van der Waals surface area contributed by atoms with Gasteiger partial charge in [-0.05, 0) is 79.9 Å². The normalized spacial score (nSPS) is 11.0. The van der Waals surface area contributed by atoms with Crippen molar-refractivity contribution in [3.8, 4) is 17.8 Å². The van der Waals surface area contributed by atoms with Gasteiger partial charge in [-0.2, -0.15) is 15.5 Å². The van der Waals surface area contributed by atoms with Gasteiger partial charge in [0.15, 0.2) is 5.65 Å². The van der Waals surface area contributed by atoms with E-state index in [1.807, 2.05) is 31.2 Å². The minimum absolute atomic E-state index is 0.470. The molecule has 1 N–H and O–H groups in total. The van der Waals surface area contributed by atoms with Gasteiger partial charge in [0.1, 0.15) is 11.3 Å². The second-order valence-corrected chi connectivity index (χ2v) is 7.80. The van der Waals surface area contributed by atoms with Gasteiger partial charge < -0.3 is 5.32 Å². The highest BCUT2D eigenvalue weighted by Crippen LogP contribution is 2.29. The van der Waals surface area contributed by atoms with Crippen molar-refractivity contribution in [2.45, 2.75) is 34.1 Å². The van der Waals surface area contributed by atoms with Crippen molar-refractivity contribution in [3.63, 3.8) is 0 Å². The molecule has 0 saturated carbocycles. The van der Waals surface area contributed by atoms with E-state index in [4.69, 9.17) is 20.5 Å². The number of rotatable bonds is 5. The maximum atomic E-state index is 9.02. The smallest absolute Gasteiger partial charge is 0.229 e. The molecule has 7 nitrogen and oxygen atoms in total. The second kappa shape index (κ2) is 8.94. The first-order valence-corrected chi connectivity index (χ1v) is 10.7. The summed E-state index contributed by atoms with van der Waals surface area (Å²) >= 11 is 0. The second-order valence-electron chi connectivity index (χ2n) is 7.80. The van der Waals surface area contributed by atoms with Gasteiger partial charge in [0.05, 0.1) is 29.1 Å². The molecular weight excluding hydrogens is 410 g/mol. The predicted octanol–water partition coefficient (Wildman–Crippen LogP) is 5.46. The van der Waals surface area contributed by atoms with Crippen molar-refractivity contribution >= 4 is 28.9 Å². The fourth-order valence-electron chi connectivity index (χ4n) is 4.00. The Morgan fingerprint density at radius 3 is 2.30 bits per heavy atom. The zero-order chi connectivity index (χ0) is 23.5. The first-order valence-electron chi connectivity index (χ1n) is 10.7. The number of aromatic nitrogens is 4. The van der Waals surface area contributed by atoms with Crippen LogP contribution < -0.4 is 5.32 Å². The van der Waals surface area contributed by atoms with Crippen molar-refractivity contribution in [1.29, 1.82) is 10.5 Å². The molecule has 0 fully saturated rings. The SMILES string of the molecule is CCc1nc2c(C)nc(Nc3ccc(C#N)cc3)nc2n1-c1c(C)cc(/C=C/C#N)cc1C. The zero-order valence-corrected chi connectivity index (χ0v) is 19.0. The summed E-state index contributed by atoms with van der Waals surface area (Å²) < 4.78 is 2.11. The molecule has 0 spiro atoms. The van der Waals surface area contributed by atoms with E-state index in [-0.39, 0.29) is 0 Å². The van der Waals surface area contributed by atoms with Gasteiger partial charge in [0.25, 0.3) is 0 Å². The standard InChI is InChI=1S/C26H23N7/c1-5-22-31-23-18(4)29-26(30-21-10-8-19(15-28)9-11-21)32-25(23)33(22)24-16(2)13-20(7-6-12-27)14-17(24)3/h6-11,13-14H,5H2,1-4H3,(H,29,30,32)/b7-6+. The summed E-state index contributed by atoms with van der Waals surface area (Å²) in [6.07, 6.45) is 4.03. The minimum Gasteiger partial charge on any atom is -0.324 e. The number of aryl methyl sites for hydroxylation is 4. The summed E-state index contributed by atoms with van der Waals surface area (Å²) in [4.78, 5) is 14.3. The van der Waals surface area contributed by atoms with Crippen LogP contribution in [-0.4, -0.2) is 19.5 Å². The lowest BCUT2D eigenvalue weighted by atomic mass is 10.0. The van der Waals surface area contributed by atoms with Gasteiger partial charge in [-0.1, -0.05) is 6.92 Å². The monoisotopic (exact) mass is 433 g/mol. The molecule has 0 radical (unpaired) electrons. The Balaban J connectivity index is 1.87. The van der Waals surface area contributed by atoms with Crippen LogP contribution >= 0.6 is 0 Å². The van der Waals surface area contributed by atoms with Crippen LogP contribution in [0.25, 0.3) is 22.9 Å². The predicted molar refractivity (Wildman–Crippen MR) is 129 cm³/mol. The third-order valence-corrected chi connectivity index (χ3v) is 5.42. The molecule has 2 aromatic carbocycles. The number of hydrogen-bond donors (Lipinski definition) is 1. The Hall–Kier alpha value is -4.49. The molecule has 0 unspecified atom stereocenters. The molecule has 162 valence electrons. The Kier molecular flexibility index (Phi) is 5.89. The summed E-state index contributed by atoms with van der Waals surface area (Å²) in [6, 6.07) is 15.5. The Morgan fingerprint density at radius 2 is 1.70 bits per heavy atom. The van der Waals surface area contributed by atoms with Gasteiger partial charge in [-0.15, -0.1) is 0 Å². The van der Waals surface area contributed by atoms with Crippen molar-refractivity contribution in [3.05, 3.63) is 76.2 Å². The molecule has 33 heavy (non-hydrogen) atoms. The molecule has 4 rings (SSSR count). The Bertz CT molecular complexity index is 1440. The number of imidazole rings is 1. The largest absolute Gasteiger partial charge is 0.324 e. The summed E-state index contributed by atoms with van der Waals surface area (Å²) in [5.74, 6) is 1.38. The average Bonchev–Trinajstić information content (AvgIpc) is 3.16. The number of hydrogen-bond acceptors (Lipinski definition) is 6. The van der Waals surface area contributed by atoms with Gasteiger partial charge in [-0.3, -0.25) is 4.57 Å². The lowest BCUT2D eigenvalue weighted by Gasteiger charge is -2.16. The van der Waals surface area contributed by atoms with E-state index in [1.54, 1.807) is 12.1 Å². The highest BCUT2D eigenvalue weighted by molar-refractivity contribution is 5.79. The van der Waals surface area contributed by atoms with E-state index in [9.17, 15) is 0 Å². The van der Waals surface area contributed by atoms with Crippen LogP contribution in [0.2, 0.25) is 0 Å². The zero-order valence-electron chi connectivity index (χ0n) is 19.0. The van der Waals surface area contributed by atoms with E-state index in [2.05, 4.69) is 53.8 Å². The summed E-state index contributed by atoms with van der Waals surface area (Å²) in [5.41, 5.74) is 7.84. The fourth-order valence-corrected chi connectivity index (χ4v) is 4.00. The van der Waals surface area contributed by atoms with Crippen LogP contribution in [0.15, 0.2) is 42.5 Å². The topological polar surface area (TPSA) is 103 Å². The van der Waals surface area contributed by atoms with E-state index in [0.717, 1.165) is 57.2 Å². The highest BCUT2D eigenvalue weighted by Gasteiger charge is 2.19. The number of allylic oxidation sites excluding steroid dienone is 1. The molecule has 7 heteroatoms.